The Morgan fingerprint density at radius 2 is 1.88 bits per heavy atom. The highest BCUT2D eigenvalue weighted by Crippen LogP contribution is 2.34. The van der Waals surface area contributed by atoms with Gasteiger partial charge in [-0.1, -0.05) is 13.8 Å². The summed E-state index contributed by atoms with van der Waals surface area (Å²) in [7, 11) is 2.24. The third-order valence-electron chi connectivity index (χ3n) is 4.70. The van der Waals surface area contributed by atoms with Crippen molar-refractivity contribution in [1.82, 2.24) is 15.5 Å². The predicted octanol–water partition coefficient (Wildman–Crippen LogP) is 1.16. The van der Waals surface area contributed by atoms with E-state index in [-0.39, 0.29) is 0 Å². The average Bonchev–Trinajstić information content (AvgIpc) is 2.22. The molecule has 2 saturated heterocycles. The minimum atomic E-state index is 0.457. The van der Waals surface area contributed by atoms with Gasteiger partial charge < -0.3 is 15.5 Å². The van der Waals surface area contributed by atoms with Crippen LogP contribution in [-0.2, 0) is 0 Å². The minimum Gasteiger partial charge on any atom is -0.316 e. The summed E-state index contributed by atoms with van der Waals surface area (Å²) in [5.41, 5.74) is 0.457. The molecule has 0 aromatic carbocycles. The summed E-state index contributed by atoms with van der Waals surface area (Å²) in [6.45, 7) is 12.2. The second-order valence-corrected chi connectivity index (χ2v) is 6.72. The van der Waals surface area contributed by atoms with Gasteiger partial charge in [0.15, 0.2) is 0 Å². The standard InChI is InChI=1S/C14H29N3/c1-14(2,11-16-10-12-8-15-9-12)13-4-6-17(3)7-5-13/h12-13,15-16H,4-11H2,1-3H3. The van der Waals surface area contributed by atoms with E-state index in [0.717, 1.165) is 11.8 Å². The largest absolute Gasteiger partial charge is 0.316 e. The summed E-state index contributed by atoms with van der Waals surface area (Å²) < 4.78 is 0. The summed E-state index contributed by atoms with van der Waals surface area (Å²) in [4.78, 5) is 2.46. The summed E-state index contributed by atoms with van der Waals surface area (Å²) in [6, 6.07) is 0. The Morgan fingerprint density at radius 3 is 2.41 bits per heavy atom. The molecule has 17 heavy (non-hydrogen) atoms. The fraction of sp³-hybridized carbons (Fsp3) is 1.00. The van der Waals surface area contributed by atoms with Gasteiger partial charge in [-0.25, -0.2) is 0 Å². The molecule has 0 spiro atoms. The van der Waals surface area contributed by atoms with Crippen molar-refractivity contribution >= 4 is 0 Å². The van der Waals surface area contributed by atoms with Crippen molar-refractivity contribution in [1.29, 1.82) is 0 Å². The minimum absolute atomic E-state index is 0.457. The van der Waals surface area contributed by atoms with Crippen LogP contribution in [0.2, 0.25) is 0 Å². The van der Waals surface area contributed by atoms with Gasteiger partial charge in [0.1, 0.15) is 0 Å². The van der Waals surface area contributed by atoms with E-state index in [0.29, 0.717) is 5.41 Å². The molecule has 0 saturated carbocycles. The van der Waals surface area contributed by atoms with E-state index < -0.39 is 0 Å². The van der Waals surface area contributed by atoms with E-state index in [2.05, 4.69) is 36.4 Å². The fourth-order valence-electron chi connectivity index (χ4n) is 3.03. The summed E-state index contributed by atoms with van der Waals surface area (Å²) >= 11 is 0. The van der Waals surface area contributed by atoms with E-state index in [1.54, 1.807) is 0 Å². The monoisotopic (exact) mass is 239 g/mol. The first-order chi connectivity index (χ1) is 8.08. The van der Waals surface area contributed by atoms with Crippen LogP contribution < -0.4 is 10.6 Å². The van der Waals surface area contributed by atoms with Crippen LogP contribution in [0.4, 0.5) is 0 Å². The third-order valence-corrected chi connectivity index (χ3v) is 4.70. The van der Waals surface area contributed by atoms with E-state index in [9.17, 15) is 0 Å². The van der Waals surface area contributed by atoms with Gasteiger partial charge in [0.25, 0.3) is 0 Å². The Morgan fingerprint density at radius 1 is 1.24 bits per heavy atom. The molecule has 2 N–H and O–H groups in total. The van der Waals surface area contributed by atoms with Crippen molar-refractivity contribution in [2.75, 3.05) is 46.3 Å². The van der Waals surface area contributed by atoms with Gasteiger partial charge in [-0.15, -0.1) is 0 Å². The van der Waals surface area contributed by atoms with Gasteiger partial charge in [0.2, 0.25) is 0 Å². The first-order valence-electron chi connectivity index (χ1n) is 7.18. The number of hydrogen-bond donors (Lipinski definition) is 2. The van der Waals surface area contributed by atoms with Crippen LogP contribution in [0.3, 0.4) is 0 Å². The highest BCUT2D eigenvalue weighted by Gasteiger charge is 2.31. The summed E-state index contributed by atoms with van der Waals surface area (Å²) in [5, 5.41) is 7.01. The predicted molar refractivity (Wildman–Crippen MR) is 73.2 cm³/mol. The fourth-order valence-corrected chi connectivity index (χ4v) is 3.03. The molecule has 2 aliphatic rings. The van der Waals surface area contributed by atoms with Crippen molar-refractivity contribution in [3.05, 3.63) is 0 Å². The number of nitrogens with zero attached hydrogens (tertiary/aromatic N) is 1. The lowest BCUT2D eigenvalue weighted by molar-refractivity contribution is 0.111. The highest BCUT2D eigenvalue weighted by molar-refractivity contribution is 4.85. The number of nitrogens with one attached hydrogen (secondary N) is 2. The van der Waals surface area contributed by atoms with Crippen LogP contribution >= 0.6 is 0 Å². The molecule has 2 heterocycles. The lowest BCUT2D eigenvalue weighted by atomic mass is 9.73. The SMILES string of the molecule is CN1CCC(C(C)(C)CNCC2CNC2)CC1. The van der Waals surface area contributed by atoms with Crippen LogP contribution in [0.5, 0.6) is 0 Å². The molecule has 100 valence electrons. The molecule has 0 radical (unpaired) electrons. The third kappa shape index (κ3) is 3.67. The molecule has 2 aliphatic heterocycles. The quantitative estimate of drug-likeness (QED) is 0.754. The number of rotatable bonds is 5. The first-order valence-corrected chi connectivity index (χ1v) is 7.18. The highest BCUT2D eigenvalue weighted by atomic mass is 15.1. The zero-order valence-corrected chi connectivity index (χ0v) is 11.8. The Kier molecular flexibility index (Phi) is 4.45. The molecule has 0 aromatic rings. The molecule has 0 amide bonds. The Labute approximate surface area is 106 Å². The van der Waals surface area contributed by atoms with E-state index in [1.165, 1.54) is 52.1 Å². The van der Waals surface area contributed by atoms with Gasteiger partial charge in [-0.2, -0.15) is 0 Å². The van der Waals surface area contributed by atoms with Crippen LogP contribution in [0.1, 0.15) is 26.7 Å². The van der Waals surface area contributed by atoms with Crippen LogP contribution in [0, 0.1) is 17.3 Å². The molecule has 0 unspecified atom stereocenters. The smallest absolute Gasteiger partial charge is 0.000532 e. The lowest BCUT2D eigenvalue weighted by Crippen LogP contribution is -2.49. The number of likely N-dealkylation sites (tertiary alicyclic amines) is 1. The summed E-state index contributed by atoms with van der Waals surface area (Å²) in [6.07, 6.45) is 2.74. The molecule has 2 rings (SSSR count). The average molecular weight is 239 g/mol. The molecule has 0 aliphatic carbocycles. The van der Waals surface area contributed by atoms with E-state index in [1.807, 2.05) is 0 Å². The second kappa shape index (κ2) is 5.68. The molecular formula is C14H29N3. The van der Waals surface area contributed by atoms with E-state index >= 15 is 0 Å². The van der Waals surface area contributed by atoms with Crippen LogP contribution in [0.25, 0.3) is 0 Å². The maximum absolute atomic E-state index is 3.68. The number of hydrogen-bond acceptors (Lipinski definition) is 3. The molecule has 0 atom stereocenters. The Balaban J connectivity index is 1.69. The van der Waals surface area contributed by atoms with Crippen molar-refractivity contribution in [2.45, 2.75) is 26.7 Å². The molecule has 3 nitrogen and oxygen atoms in total. The number of piperidine rings is 1. The molecule has 0 aromatic heterocycles. The maximum Gasteiger partial charge on any atom is 0.000532 e. The van der Waals surface area contributed by atoms with Crippen molar-refractivity contribution in [3.63, 3.8) is 0 Å². The van der Waals surface area contributed by atoms with Gasteiger partial charge in [0.05, 0.1) is 0 Å². The van der Waals surface area contributed by atoms with Crippen LogP contribution in [-0.4, -0.2) is 51.2 Å². The summed E-state index contributed by atoms with van der Waals surface area (Å²) in [5.74, 6) is 1.77. The Hall–Kier alpha value is -0.120. The molecule has 2 fully saturated rings. The van der Waals surface area contributed by atoms with E-state index in [4.69, 9.17) is 0 Å². The zero-order valence-electron chi connectivity index (χ0n) is 11.8. The van der Waals surface area contributed by atoms with Gasteiger partial charge in [0, 0.05) is 26.2 Å². The van der Waals surface area contributed by atoms with Gasteiger partial charge in [-0.3, -0.25) is 0 Å². The molecule has 3 heteroatoms. The van der Waals surface area contributed by atoms with Gasteiger partial charge >= 0.3 is 0 Å². The lowest BCUT2D eigenvalue weighted by Gasteiger charge is -2.40. The van der Waals surface area contributed by atoms with Gasteiger partial charge in [-0.05, 0) is 50.2 Å². The maximum atomic E-state index is 3.68. The zero-order chi connectivity index (χ0) is 12.3. The Bertz CT molecular complexity index is 228. The van der Waals surface area contributed by atoms with Crippen molar-refractivity contribution < 1.29 is 0 Å². The topological polar surface area (TPSA) is 27.3 Å². The van der Waals surface area contributed by atoms with Crippen molar-refractivity contribution in [3.8, 4) is 0 Å². The second-order valence-electron chi connectivity index (χ2n) is 6.72. The van der Waals surface area contributed by atoms with Crippen LogP contribution in [0.15, 0.2) is 0 Å². The molecular weight excluding hydrogens is 210 g/mol. The first kappa shape index (κ1) is 13.3. The normalized spacial score (nSPS) is 24.9. The van der Waals surface area contributed by atoms with Crippen molar-refractivity contribution in [2.24, 2.45) is 17.3 Å². The molecule has 0 bridgehead atoms.